The fourth-order valence-corrected chi connectivity index (χ4v) is 9.34. The molecule has 2 aromatic heterocycles. The summed E-state index contributed by atoms with van der Waals surface area (Å²) in [5, 5.41) is 8.55. The van der Waals surface area contributed by atoms with Crippen LogP contribution in [0, 0.1) is 0 Å². The highest BCUT2D eigenvalue weighted by atomic mass is 15.2. The summed E-state index contributed by atoms with van der Waals surface area (Å²) in [4.78, 5) is 2.39. The first kappa shape index (κ1) is 34.9. The maximum Gasteiger partial charge on any atom is 0.131 e. The molecule has 3 nitrogen and oxygen atoms in total. The van der Waals surface area contributed by atoms with Crippen LogP contribution >= 0.6 is 0 Å². The SMILES string of the molecule is c1ccc(-c2ccc(N(c3ccc(-c4ccccc4)cc3)c3ccc4c5c6ccccc6n(-c6ccc7ccccc7c6)c5n(-c5ccc6ccccc6c5)c4c3)cc2)cc1. The molecule has 0 aliphatic carbocycles. The highest BCUT2D eigenvalue weighted by Gasteiger charge is 2.24. The third-order valence-corrected chi connectivity index (χ3v) is 12.3. The zero-order valence-corrected chi connectivity index (χ0v) is 33.4. The lowest BCUT2D eigenvalue weighted by atomic mass is 10.0. The van der Waals surface area contributed by atoms with Crippen LogP contribution in [-0.4, -0.2) is 9.13 Å². The van der Waals surface area contributed by atoms with Crippen molar-refractivity contribution in [3.05, 3.63) is 237 Å². The highest BCUT2D eigenvalue weighted by molar-refractivity contribution is 6.23. The van der Waals surface area contributed by atoms with Crippen LogP contribution < -0.4 is 4.90 Å². The molecule has 0 amide bonds. The molecule has 10 aromatic carbocycles. The number of anilines is 3. The number of nitrogens with zero attached hydrogens (tertiary/aromatic N) is 3. The molecule has 0 saturated carbocycles. The molecule has 0 fully saturated rings. The molecule has 61 heavy (non-hydrogen) atoms. The fourth-order valence-electron chi connectivity index (χ4n) is 9.34. The van der Waals surface area contributed by atoms with E-state index in [1.807, 2.05) is 0 Å². The predicted molar refractivity (Wildman–Crippen MR) is 258 cm³/mol. The Kier molecular flexibility index (Phi) is 8.17. The van der Waals surface area contributed by atoms with Crippen LogP contribution in [0.1, 0.15) is 0 Å². The molecule has 0 saturated heterocycles. The van der Waals surface area contributed by atoms with E-state index in [2.05, 4.69) is 251 Å². The number of benzene rings is 10. The minimum absolute atomic E-state index is 1.08. The molecule has 2 heterocycles. The second kappa shape index (κ2) is 14.3. The normalized spacial score (nSPS) is 11.6. The molecule has 0 spiro atoms. The monoisotopic (exact) mass is 777 g/mol. The summed E-state index contributed by atoms with van der Waals surface area (Å²) in [5.41, 5.74) is 13.8. The van der Waals surface area contributed by atoms with E-state index < -0.39 is 0 Å². The van der Waals surface area contributed by atoms with E-state index in [1.54, 1.807) is 0 Å². The largest absolute Gasteiger partial charge is 0.310 e. The summed E-state index contributed by atoms with van der Waals surface area (Å²) in [6.45, 7) is 0. The Hall–Kier alpha value is -8.14. The van der Waals surface area contributed by atoms with Crippen molar-refractivity contribution < 1.29 is 0 Å². The molecular formula is C58H39N3. The first-order valence-corrected chi connectivity index (χ1v) is 20.9. The van der Waals surface area contributed by atoms with Gasteiger partial charge in [0, 0.05) is 44.6 Å². The minimum atomic E-state index is 1.08. The second-order valence-electron chi connectivity index (χ2n) is 15.8. The van der Waals surface area contributed by atoms with Crippen LogP contribution in [0.2, 0.25) is 0 Å². The van der Waals surface area contributed by atoms with Crippen molar-refractivity contribution in [3.8, 4) is 33.6 Å². The molecule has 3 heteroatoms. The summed E-state index contributed by atoms with van der Waals surface area (Å²) < 4.78 is 4.96. The Labute approximate surface area is 354 Å². The van der Waals surface area contributed by atoms with Crippen molar-refractivity contribution in [2.75, 3.05) is 4.90 Å². The number of rotatable bonds is 7. The van der Waals surface area contributed by atoms with E-state index in [-0.39, 0.29) is 0 Å². The maximum absolute atomic E-state index is 2.49. The Morgan fingerprint density at radius 3 is 1.26 bits per heavy atom. The zero-order valence-electron chi connectivity index (χ0n) is 33.4. The van der Waals surface area contributed by atoms with E-state index in [1.165, 1.54) is 65.5 Å². The average molecular weight is 778 g/mol. The lowest BCUT2D eigenvalue weighted by molar-refractivity contribution is 1.07. The predicted octanol–water partition coefficient (Wildman–Crippen LogP) is 15.8. The van der Waals surface area contributed by atoms with Crippen LogP contribution in [0.5, 0.6) is 0 Å². The molecule has 12 aromatic rings. The van der Waals surface area contributed by atoms with Gasteiger partial charge in [-0.2, -0.15) is 0 Å². The van der Waals surface area contributed by atoms with Gasteiger partial charge in [0.1, 0.15) is 5.65 Å². The van der Waals surface area contributed by atoms with Crippen LogP contribution in [0.3, 0.4) is 0 Å². The van der Waals surface area contributed by atoms with E-state index in [9.17, 15) is 0 Å². The van der Waals surface area contributed by atoms with Gasteiger partial charge in [-0.15, -0.1) is 0 Å². The Morgan fingerprint density at radius 1 is 0.279 bits per heavy atom. The topological polar surface area (TPSA) is 13.1 Å². The van der Waals surface area contributed by atoms with Gasteiger partial charge in [-0.05, 0) is 111 Å². The van der Waals surface area contributed by atoms with Crippen molar-refractivity contribution >= 4 is 71.4 Å². The second-order valence-corrected chi connectivity index (χ2v) is 15.8. The van der Waals surface area contributed by atoms with Crippen molar-refractivity contribution in [1.82, 2.24) is 9.13 Å². The summed E-state index contributed by atoms with van der Waals surface area (Å²) in [6.07, 6.45) is 0. The Balaban J connectivity index is 1.13. The molecule has 0 aliphatic heterocycles. The number of para-hydroxylation sites is 1. The first-order valence-electron chi connectivity index (χ1n) is 20.9. The van der Waals surface area contributed by atoms with Crippen molar-refractivity contribution in [3.63, 3.8) is 0 Å². The van der Waals surface area contributed by atoms with E-state index in [0.717, 1.165) is 39.6 Å². The fraction of sp³-hybridized carbons (Fsp3) is 0. The van der Waals surface area contributed by atoms with Gasteiger partial charge < -0.3 is 4.90 Å². The molecule has 0 bridgehead atoms. The molecule has 0 radical (unpaired) electrons. The summed E-state index contributed by atoms with van der Waals surface area (Å²) in [7, 11) is 0. The quantitative estimate of drug-likeness (QED) is 0.157. The smallest absolute Gasteiger partial charge is 0.131 e. The summed E-state index contributed by atoms with van der Waals surface area (Å²) in [6, 6.07) is 86.0. The number of hydrogen-bond donors (Lipinski definition) is 0. The van der Waals surface area contributed by atoms with Crippen molar-refractivity contribution in [2.24, 2.45) is 0 Å². The number of aromatic nitrogens is 2. The first-order chi connectivity index (χ1) is 30.2. The van der Waals surface area contributed by atoms with Crippen molar-refractivity contribution in [1.29, 1.82) is 0 Å². The minimum Gasteiger partial charge on any atom is -0.310 e. The van der Waals surface area contributed by atoms with Crippen LogP contribution in [0.4, 0.5) is 17.1 Å². The van der Waals surface area contributed by atoms with Crippen LogP contribution in [-0.2, 0) is 0 Å². The molecule has 286 valence electrons. The van der Waals surface area contributed by atoms with Gasteiger partial charge in [0.05, 0.1) is 11.0 Å². The third kappa shape index (κ3) is 5.90. The Bertz CT molecular complexity index is 3480. The Morgan fingerprint density at radius 2 is 0.705 bits per heavy atom. The van der Waals surface area contributed by atoms with E-state index >= 15 is 0 Å². The van der Waals surface area contributed by atoms with Gasteiger partial charge in [0.15, 0.2) is 0 Å². The van der Waals surface area contributed by atoms with Gasteiger partial charge in [-0.1, -0.05) is 170 Å². The van der Waals surface area contributed by atoms with Gasteiger partial charge in [-0.3, -0.25) is 9.13 Å². The van der Waals surface area contributed by atoms with Gasteiger partial charge in [-0.25, -0.2) is 0 Å². The maximum atomic E-state index is 2.49. The molecular weight excluding hydrogens is 739 g/mol. The molecule has 0 atom stereocenters. The molecule has 12 rings (SSSR count). The van der Waals surface area contributed by atoms with E-state index in [0.29, 0.717) is 0 Å². The van der Waals surface area contributed by atoms with Gasteiger partial charge >= 0.3 is 0 Å². The van der Waals surface area contributed by atoms with Crippen LogP contribution in [0.15, 0.2) is 237 Å². The van der Waals surface area contributed by atoms with Gasteiger partial charge in [0.25, 0.3) is 0 Å². The standard InChI is InChI=1S/C58H39N3/c1-3-13-40(14-4-1)44-23-29-48(30-24-44)59(49-31-25-45(26-32-49)41-15-5-2-6-16-41)52-35-36-54-56(39-52)61(51-34-28-43-18-8-10-20-47(43)38-51)58-57(54)53-21-11-12-22-55(53)60(58)50-33-27-42-17-7-9-19-46(42)37-50/h1-39H. The third-order valence-electron chi connectivity index (χ3n) is 12.3. The van der Waals surface area contributed by atoms with Gasteiger partial charge in [0.2, 0.25) is 0 Å². The number of hydrogen-bond acceptors (Lipinski definition) is 1. The van der Waals surface area contributed by atoms with Crippen LogP contribution in [0.25, 0.3) is 88.0 Å². The molecule has 0 N–H and O–H groups in total. The average Bonchev–Trinajstić information content (AvgIpc) is 3.84. The summed E-state index contributed by atoms with van der Waals surface area (Å²) >= 11 is 0. The highest BCUT2D eigenvalue weighted by Crippen LogP contribution is 2.45. The molecule has 0 aliphatic rings. The zero-order chi connectivity index (χ0) is 40.3. The lowest BCUT2D eigenvalue weighted by Gasteiger charge is -2.26. The van der Waals surface area contributed by atoms with Crippen molar-refractivity contribution in [2.45, 2.75) is 0 Å². The lowest BCUT2D eigenvalue weighted by Crippen LogP contribution is -2.10. The van der Waals surface area contributed by atoms with E-state index in [4.69, 9.17) is 0 Å². The number of fused-ring (bicyclic) bond motifs is 7. The summed E-state index contributed by atoms with van der Waals surface area (Å²) in [5.74, 6) is 0. The molecule has 0 unspecified atom stereocenters.